The number of benzene rings is 1. The molecule has 0 aliphatic carbocycles. The van der Waals surface area contributed by atoms with Gasteiger partial charge >= 0.3 is 0 Å². The third kappa shape index (κ3) is 3.88. The summed E-state index contributed by atoms with van der Waals surface area (Å²) in [6.07, 6.45) is 0.853. The van der Waals surface area contributed by atoms with Gasteiger partial charge in [-0.1, -0.05) is 50.1 Å². The fourth-order valence-electron chi connectivity index (χ4n) is 1.75. The van der Waals surface area contributed by atoms with Gasteiger partial charge in [0.2, 0.25) is 5.91 Å². The number of carbonyl (C=O) groups excluding carboxylic acids is 1. The van der Waals surface area contributed by atoms with Gasteiger partial charge in [-0.2, -0.15) is 0 Å². The van der Waals surface area contributed by atoms with Crippen LogP contribution in [0.15, 0.2) is 18.2 Å². The van der Waals surface area contributed by atoms with Crippen LogP contribution in [0.4, 0.5) is 0 Å². The van der Waals surface area contributed by atoms with E-state index in [9.17, 15) is 4.79 Å². The molecule has 1 N–H and O–H groups in total. The summed E-state index contributed by atoms with van der Waals surface area (Å²) in [5.74, 6) is 0.124. The molecule has 0 fully saturated rings. The van der Waals surface area contributed by atoms with Gasteiger partial charge in [0.1, 0.15) is 0 Å². The molecule has 0 heterocycles. The van der Waals surface area contributed by atoms with Crippen molar-refractivity contribution in [2.45, 2.75) is 47.6 Å². The SMILES string of the molecule is CCC(C)(C)C(=O)NCc1cc(C)cc(C)c1. The summed E-state index contributed by atoms with van der Waals surface area (Å²) in [4.78, 5) is 11.9. The van der Waals surface area contributed by atoms with E-state index in [0.717, 1.165) is 6.42 Å². The first-order chi connectivity index (χ1) is 7.85. The Bertz CT molecular complexity index is 387. The lowest BCUT2D eigenvalue weighted by molar-refractivity contribution is -0.129. The van der Waals surface area contributed by atoms with Crippen molar-refractivity contribution in [1.29, 1.82) is 0 Å². The molecule has 0 saturated carbocycles. The largest absolute Gasteiger partial charge is 0.352 e. The highest BCUT2D eigenvalue weighted by atomic mass is 16.2. The van der Waals surface area contributed by atoms with Gasteiger partial charge in [0.05, 0.1) is 0 Å². The van der Waals surface area contributed by atoms with Crippen molar-refractivity contribution in [3.05, 3.63) is 34.9 Å². The van der Waals surface area contributed by atoms with Crippen LogP contribution in [0.25, 0.3) is 0 Å². The summed E-state index contributed by atoms with van der Waals surface area (Å²) in [5, 5.41) is 3.01. The van der Waals surface area contributed by atoms with E-state index in [-0.39, 0.29) is 11.3 Å². The number of hydrogen-bond donors (Lipinski definition) is 1. The second-order valence-corrected chi connectivity index (χ2v) is 5.42. The Morgan fingerprint density at radius 2 is 1.71 bits per heavy atom. The van der Waals surface area contributed by atoms with Crippen molar-refractivity contribution in [3.63, 3.8) is 0 Å². The van der Waals surface area contributed by atoms with Crippen LogP contribution in [-0.2, 0) is 11.3 Å². The van der Waals surface area contributed by atoms with E-state index in [0.29, 0.717) is 6.54 Å². The van der Waals surface area contributed by atoms with E-state index in [1.807, 2.05) is 20.8 Å². The van der Waals surface area contributed by atoms with Crippen molar-refractivity contribution in [2.24, 2.45) is 5.41 Å². The van der Waals surface area contributed by atoms with Crippen LogP contribution in [-0.4, -0.2) is 5.91 Å². The predicted molar refractivity (Wildman–Crippen MR) is 71.8 cm³/mol. The minimum Gasteiger partial charge on any atom is -0.352 e. The molecule has 1 aromatic rings. The average Bonchev–Trinajstić information content (AvgIpc) is 2.24. The average molecular weight is 233 g/mol. The maximum absolute atomic E-state index is 11.9. The summed E-state index contributed by atoms with van der Waals surface area (Å²) in [6.45, 7) is 10.8. The van der Waals surface area contributed by atoms with Crippen molar-refractivity contribution in [1.82, 2.24) is 5.32 Å². The van der Waals surface area contributed by atoms with E-state index in [1.165, 1.54) is 16.7 Å². The Morgan fingerprint density at radius 3 is 2.18 bits per heavy atom. The van der Waals surface area contributed by atoms with Crippen LogP contribution in [0, 0.1) is 19.3 Å². The minimum atomic E-state index is -0.279. The molecule has 1 amide bonds. The first kappa shape index (κ1) is 13.8. The van der Waals surface area contributed by atoms with Crippen molar-refractivity contribution < 1.29 is 4.79 Å². The number of amides is 1. The lowest BCUT2D eigenvalue weighted by Gasteiger charge is -2.21. The summed E-state index contributed by atoms with van der Waals surface area (Å²) >= 11 is 0. The van der Waals surface area contributed by atoms with E-state index < -0.39 is 0 Å². The maximum Gasteiger partial charge on any atom is 0.225 e. The van der Waals surface area contributed by atoms with Gasteiger partial charge in [-0.3, -0.25) is 4.79 Å². The molecule has 0 spiro atoms. The van der Waals surface area contributed by atoms with E-state index >= 15 is 0 Å². The fraction of sp³-hybridized carbons (Fsp3) is 0.533. The molecule has 0 aliphatic heterocycles. The first-order valence-corrected chi connectivity index (χ1v) is 6.20. The second-order valence-electron chi connectivity index (χ2n) is 5.42. The number of carbonyl (C=O) groups is 1. The molecule has 94 valence electrons. The first-order valence-electron chi connectivity index (χ1n) is 6.20. The Balaban J connectivity index is 2.65. The molecule has 0 aromatic heterocycles. The van der Waals surface area contributed by atoms with Gasteiger partial charge in [-0.05, 0) is 25.8 Å². The summed E-state index contributed by atoms with van der Waals surface area (Å²) in [5.41, 5.74) is 3.37. The molecule has 0 unspecified atom stereocenters. The number of nitrogens with one attached hydrogen (secondary N) is 1. The molecular formula is C15H23NO. The molecule has 0 atom stereocenters. The summed E-state index contributed by atoms with van der Waals surface area (Å²) in [6, 6.07) is 6.37. The molecule has 1 aromatic carbocycles. The van der Waals surface area contributed by atoms with E-state index in [4.69, 9.17) is 0 Å². The third-order valence-corrected chi connectivity index (χ3v) is 3.23. The fourth-order valence-corrected chi connectivity index (χ4v) is 1.75. The lowest BCUT2D eigenvalue weighted by atomic mass is 9.89. The predicted octanol–water partition coefficient (Wildman–Crippen LogP) is 3.36. The smallest absolute Gasteiger partial charge is 0.225 e. The highest BCUT2D eigenvalue weighted by molar-refractivity contribution is 5.81. The quantitative estimate of drug-likeness (QED) is 0.849. The zero-order valence-electron chi connectivity index (χ0n) is 11.6. The van der Waals surface area contributed by atoms with Gasteiger partial charge in [-0.25, -0.2) is 0 Å². The summed E-state index contributed by atoms with van der Waals surface area (Å²) < 4.78 is 0. The topological polar surface area (TPSA) is 29.1 Å². The molecule has 1 rings (SSSR count). The zero-order chi connectivity index (χ0) is 13.1. The molecule has 0 bridgehead atoms. The monoisotopic (exact) mass is 233 g/mol. The van der Waals surface area contributed by atoms with Crippen molar-refractivity contribution in [2.75, 3.05) is 0 Å². The molecule has 0 radical (unpaired) electrons. The molecule has 2 heteroatoms. The molecule has 2 nitrogen and oxygen atoms in total. The maximum atomic E-state index is 11.9. The van der Waals surface area contributed by atoms with Crippen molar-refractivity contribution in [3.8, 4) is 0 Å². The second kappa shape index (κ2) is 5.35. The van der Waals surface area contributed by atoms with Crippen LogP contribution >= 0.6 is 0 Å². The third-order valence-electron chi connectivity index (χ3n) is 3.23. The van der Waals surface area contributed by atoms with Gasteiger partial charge in [0.15, 0.2) is 0 Å². The normalized spacial score (nSPS) is 11.4. The highest BCUT2D eigenvalue weighted by Crippen LogP contribution is 2.19. The Kier molecular flexibility index (Phi) is 4.33. The van der Waals surface area contributed by atoms with E-state index in [1.54, 1.807) is 0 Å². The Morgan fingerprint density at radius 1 is 1.18 bits per heavy atom. The van der Waals surface area contributed by atoms with Crippen LogP contribution in [0.1, 0.15) is 43.9 Å². The van der Waals surface area contributed by atoms with E-state index in [2.05, 4.69) is 37.4 Å². The molecule has 0 aliphatic rings. The summed E-state index contributed by atoms with van der Waals surface area (Å²) in [7, 11) is 0. The van der Waals surface area contributed by atoms with Crippen LogP contribution in [0.3, 0.4) is 0 Å². The standard InChI is InChI=1S/C15H23NO/c1-6-15(4,5)14(17)16-10-13-8-11(2)7-12(3)9-13/h7-9H,6,10H2,1-5H3,(H,16,17). The highest BCUT2D eigenvalue weighted by Gasteiger charge is 2.24. The molecule has 0 saturated heterocycles. The molecule has 17 heavy (non-hydrogen) atoms. The molecular weight excluding hydrogens is 210 g/mol. The zero-order valence-corrected chi connectivity index (χ0v) is 11.6. The van der Waals surface area contributed by atoms with Gasteiger partial charge in [-0.15, -0.1) is 0 Å². The van der Waals surface area contributed by atoms with Crippen LogP contribution < -0.4 is 5.32 Å². The van der Waals surface area contributed by atoms with Gasteiger partial charge in [0, 0.05) is 12.0 Å². The van der Waals surface area contributed by atoms with Gasteiger partial charge < -0.3 is 5.32 Å². The Hall–Kier alpha value is -1.31. The lowest BCUT2D eigenvalue weighted by Crippen LogP contribution is -2.36. The number of rotatable bonds is 4. The van der Waals surface area contributed by atoms with Crippen LogP contribution in [0.5, 0.6) is 0 Å². The number of aryl methyl sites for hydroxylation is 2. The van der Waals surface area contributed by atoms with Crippen LogP contribution in [0.2, 0.25) is 0 Å². The van der Waals surface area contributed by atoms with Gasteiger partial charge in [0.25, 0.3) is 0 Å². The number of hydrogen-bond acceptors (Lipinski definition) is 1. The van der Waals surface area contributed by atoms with Crippen molar-refractivity contribution >= 4 is 5.91 Å². The minimum absolute atomic E-state index is 0.124. The Labute approximate surface area is 104 Å².